The Kier molecular flexibility index (Phi) is 7.76. The summed E-state index contributed by atoms with van der Waals surface area (Å²) in [5, 5.41) is 0. The highest BCUT2D eigenvalue weighted by atomic mass is 35.5. The molecule has 0 heterocycles. The molecule has 1 atom stereocenters. The molecular formula is C23H24ClF. The molecule has 0 saturated heterocycles. The van der Waals surface area contributed by atoms with Crippen LogP contribution in [-0.2, 0) is 0 Å². The number of rotatable bonds is 6. The molecule has 130 valence electrons. The molecule has 25 heavy (non-hydrogen) atoms. The van der Waals surface area contributed by atoms with Gasteiger partial charge >= 0.3 is 0 Å². The highest BCUT2D eigenvalue weighted by Gasteiger charge is 2.14. The average molecular weight is 355 g/mol. The zero-order chi connectivity index (χ0) is 18.1. The first kappa shape index (κ1) is 19.3. The van der Waals surface area contributed by atoms with Crippen LogP contribution in [-0.4, -0.2) is 5.88 Å². The fourth-order valence-corrected chi connectivity index (χ4v) is 2.79. The summed E-state index contributed by atoms with van der Waals surface area (Å²) in [6.07, 6.45) is 5.17. The summed E-state index contributed by atoms with van der Waals surface area (Å²) in [7, 11) is 0. The van der Waals surface area contributed by atoms with Crippen molar-refractivity contribution in [2.45, 2.75) is 39.0 Å². The molecule has 0 radical (unpaired) electrons. The minimum atomic E-state index is -0.239. The third kappa shape index (κ3) is 6.07. The van der Waals surface area contributed by atoms with E-state index in [1.165, 1.54) is 17.7 Å². The molecule has 0 amide bonds. The average Bonchev–Trinajstić information content (AvgIpc) is 2.63. The lowest BCUT2D eigenvalue weighted by molar-refractivity contribution is 0.627. The van der Waals surface area contributed by atoms with E-state index in [0.29, 0.717) is 5.88 Å². The molecule has 0 fully saturated rings. The molecule has 0 N–H and O–H groups in total. The van der Waals surface area contributed by atoms with Gasteiger partial charge in [-0.3, -0.25) is 0 Å². The van der Waals surface area contributed by atoms with Gasteiger partial charge in [-0.1, -0.05) is 67.3 Å². The van der Waals surface area contributed by atoms with Crippen LogP contribution < -0.4 is 0 Å². The Balaban J connectivity index is 2.37. The van der Waals surface area contributed by atoms with E-state index in [1.807, 2.05) is 0 Å². The van der Waals surface area contributed by atoms with Crippen molar-refractivity contribution in [3.63, 3.8) is 0 Å². The number of benzene rings is 2. The summed E-state index contributed by atoms with van der Waals surface area (Å²) in [5.41, 5.74) is 4.33. The zero-order valence-electron chi connectivity index (χ0n) is 14.9. The summed E-state index contributed by atoms with van der Waals surface area (Å²) in [6, 6.07) is 14.9. The monoisotopic (exact) mass is 354 g/mol. The fourth-order valence-electron chi connectivity index (χ4n) is 2.56. The van der Waals surface area contributed by atoms with Gasteiger partial charge in [-0.2, -0.15) is 0 Å². The van der Waals surface area contributed by atoms with Crippen LogP contribution in [0.2, 0.25) is 0 Å². The second-order valence-electron chi connectivity index (χ2n) is 6.17. The fraction of sp³-hybridized carbons (Fsp3) is 0.304. The van der Waals surface area contributed by atoms with E-state index in [0.717, 1.165) is 36.0 Å². The van der Waals surface area contributed by atoms with Gasteiger partial charge in [0.2, 0.25) is 0 Å². The maximum atomic E-state index is 13.3. The predicted molar refractivity (Wildman–Crippen MR) is 106 cm³/mol. The molecule has 0 aliphatic heterocycles. The van der Waals surface area contributed by atoms with Gasteiger partial charge in [0.1, 0.15) is 5.82 Å². The molecular weight excluding hydrogens is 331 g/mol. The van der Waals surface area contributed by atoms with Gasteiger partial charge in [0.05, 0.1) is 5.92 Å². The van der Waals surface area contributed by atoms with Crippen LogP contribution in [0.3, 0.4) is 0 Å². The van der Waals surface area contributed by atoms with Gasteiger partial charge in [-0.05, 0) is 42.2 Å². The maximum Gasteiger partial charge on any atom is 0.123 e. The summed E-state index contributed by atoms with van der Waals surface area (Å²) in [4.78, 5) is 0. The van der Waals surface area contributed by atoms with Gasteiger partial charge < -0.3 is 0 Å². The maximum absolute atomic E-state index is 13.3. The van der Waals surface area contributed by atoms with E-state index in [9.17, 15) is 4.39 Å². The molecule has 0 spiro atoms. The molecule has 0 aliphatic carbocycles. The second kappa shape index (κ2) is 10.1. The minimum Gasteiger partial charge on any atom is -0.207 e. The van der Waals surface area contributed by atoms with Gasteiger partial charge in [-0.15, -0.1) is 17.5 Å². The van der Waals surface area contributed by atoms with E-state index < -0.39 is 0 Å². The molecule has 1 unspecified atom stereocenters. The van der Waals surface area contributed by atoms with Gasteiger partial charge in [0.15, 0.2) is 0 Å². The van der Waals surface area contributed by atoms with E-state index in [2.05, 4.69) is 56.0 Å². The number of alkyl halides is 1. The Labute approximate surface area is 155 Å². The molecule has 2 aromatic carbocycles. The number of hydrogen-bond donors (Lipinski definition) is 0. The van der Waals surface area contributed by atoms with Crippen molar-refractivity contribution in [3.8, 4) is 11.8 Å². The van der Waals surface area contributed by atoms with Gasteiger partial charge in [-0.25, -0.2) is 4.39 Å². The summed E-state index contributed by atoms with van der Waals surface area (Å²) in [5.74, 6) is 6.65. The summed E-state index contributed by atoms with van der Waals surface area (Å²) in [6.45, 7) is 4.22. The molecule has 0 aliphatic rings. The largest absolute Gasteiger partial charge is 0.207 e. The number of halogens is 2. The van der Waals surface area contributed by atoms with Crippen LogP contribution >= 0.6 is 11.6 Å². The van der Waals surface area contributed by atoms with Gasteiger partial charge in [0, 0.05) is 12.3 Å². The van der Waals surface area contributed by atoms with Crippen molar-refractivity contribution >= 4 is 17.7 Å². The Morgan fingerprint density at radius 2 is 1.80 bits per heavy atom. The van der Waals surface area contributed by atoms with Crippen molar-refractivity contribution in [1.82, 2.24) is 0 Å². The van der Waals surface area contributed by atoms with E-state index in [-0.39, 0.29) is 11.7 Å². The number of allylic oxidation sites excluding steroid dienone is 1. The van der Waals surface area contributed by atoms with Crippen molar-refractivity contribution in [2.24, 2.45) is 0 Å². The Bertz CT molecular complexity index is 745. The van der Waals surface area contributed by atoms with E-state index in [4.69, 9.17) is 11.6 Å². The molecule has 0 bridgehead atoms. The first-order valence-corrected chi connectivity index (χ1v) is 9.24. The number of aryl methyl sites for hydroxylation is 1. The van der Waals surface area contributed by atoms with Crippen LogP contribution in [0.4, 0.5) is 4.39 Å². The Morgan fingerprint density at radius 1 is 1.12 bits per heavy atom. The predicted octanol–water partition coefficient (Wildman–Crippen LogP) is 6.73. The molecule has 2 heteroatoms. The lowest BCUT2D eigenvalue weighted by atomic mass is 9.90. The highest BCUT2D eigenvalue weighted by molar-refractivity contribution is 6.20. The lowest BCUT2D eigenvalue weighted by Gasteiger charge is -2.14. The van der Waals surface area contributed by atoms with Gasteiger partial charge in [0.25, 0.3) is 0 Å². The highest BCUT2D eigenvalue weighted by Crippen LogP contribution is 2.27. The summed E-state index contributed by atoms with van der Waals surface area (Å²) >= 11 is 6.25. The Morgan fingerprint density at radius 3 is 2.40 bits per heavy atom. The lowest BCUT2D eigenvalue weighted by Crippen LogP contribution is -2.02. The van der Waals surface area contributed by atoms with Crippen LogP contribution in [0, 0.1) is 24.6 Å². The van der Waals surface area contributed by atoms with Crippen LogP contribution in [0.5, 0.6) is 0 Å². The normalized spacial score (nSPS) is 12.4. The smallest absolute Gasteiger partial charge is 0.123 e. The summed E-state index contributed by atoms with van der Waals surface area (Å²) < 4.78 is 13.3. The molecule has 0 saturated carbocycles. The van der Waals surface area contributed by atoms with Crippen LogP contribution in [0.15, 0.2) is 54.1 Å². The first-order chi connectivity index (χ1) is 12.1. The molecule has 0 nitrogen and oxygen atoms in total. The molecule has 0 aromatic heterocycles. The number of hydrogen-bond acceptors (Lipinski definition) is 0. The van der Waals surface area contributed by atoms with Crippen LogP contribution in [0.1, 0.15) is 48.8 Å². The third-order valence-electron chi connectivity index (χ3n) is 4.06. The zero-order valence-corrected chi connectivity index (χ0v) is 15.6. The molecule has 2 aromatic rings. The standard InChI is InChI=1S/C23H24ClF/c1-3-4-5-6-7-23(20-12-14-22(25)15-13-20)21(17-24)16-19-10-8-18(2)9-11-19/h8-16,23H,3-5,17H2,1-2H3/b21-16+. The third-order valence-corrected chi connectivity index (χ3v) is 4.37. The Hall–Kier alpha value is -2.04. The van der Waals surface area contributed by atoms with E-state index >= 15 is 0 Å². The second-order valence-corrected chi connectivity index (χ2v) is 6.44. The van der Waals surface area contributed by atoms with Crippen LogP contribution in [0.25, 0.3) is 6.08 Å². The van der Waals surface area contributed by atoms with E-state index in [1.54, 1.807) is 12.1 Å². The molecule has 2 rings (SSSR count). The van der Waals surface area contributed by atoms with Crippen molar-refractivity contribution in [2.75, 3.05) is 5.88 Å². The minimum absolute atomic E-state index is 0.115. The number of unbranched alkanes of at least 4 members (excludes halogenated alkanes) is 2. The van der Waals surface area contributed by atoms with Crippen molar-refractivity contribution in [1.29, 1.82) is 0 Å². The van der Waals surface area contributed by atoms with Crippen molar-refractivity contribution in [3.05, 3.63) is 76.6 Å². The quantitative estimate of drug-likeness (QED) is 0.306. The SMILES string of the molecule is CCCCC#CC(/C(=C/c1ccc(C)cc1)CCl)c1ccc(F)cc1. The first-order valence-electron chi connectivity index (χ1n) is 8.71. The van der Waals surface area contributed by atoms with Crippen molar-refractivity contribution < 1.29 is 4.39 Å². The topological polar surface area (TPSA) is 0 Å².